The molecule has 0 unspecified atom stereocenters. The van der Waals surface area contributed by atoms with Crippen LogP contribution in [0.1, 0.15) is 33.6 Å². The first-order valence-electron chi connectivity index (χ1n) is 8.62. The van der Waals surface area contributed by atoms with Gasteiger partial charge in [-0.25, -0.2) is 0 Å². The van der Waals surface area contributed by atoms with Crippen LogP contribution in [0, 0.1) is 0 Å². The van der Waals surface area contributed by atoms with E-state index in [1.54, 1.807) is 48.5 Å². The quantitative estimate of drug-likeness (QED) is 0.569. The second-order valence-corrected chi connectivity index (χ2v) is 6.57. The fourth-order valence-corrected chi connectivity index (χ4v) is 3.00. The lowest BCUT2D eigenvalue weighted by Crippen LogP contribution is -2.31. The molecule has 8 heteroatoms. The maximum Gasteiger partial charge on any atom is 0.306 e. The molecular formula is C20H17ClN2O5. The number of benzene rings is 2. The highest BCUT2D eigenvalue weighted by atomic mass is 35.5. The third-order valence-electron chi connectivity index (χ3n) is 4.11. The van der Waals surface area contributed by atoms with Crippen molar-refractivity contribution in [1.82, 2.24) is 4.90 Å². The van der Waals surface area contributed by atoms with Crippen LogP contribution in [0.3, 0.4) is 0 Å². The van der Waals surface area contributed by atoms with Gasteiger partial charge in [0.2, 0.25) is 0 Å². The molecule has 0 saturated heterocycles. The Bertz CT molecular complexity index is 909. The fraction of sp³-hybridized carbons (Fsp3) is 0.200. The van der Waals surface area contributed by atoms with Gasteiger partial charge in [0.25, 0.3) is 17.7 Å². The largest absolute Gasteiger partial charge is 0.456 e. The molecule has 1 aliphatic rings. The molecule has 1 aliphatic heterocycles. The predicted molar refractivity (Wildman–Crippen MR) is 102 cm³/mol. The van der Waals surface area contributed by atoms with E-state index in [-0.39, 0.29) is 31.2 Å². The number of amides is 3. The number of esters is 1. The molecular weight excluding hydrogens is 384 g/mol. The zero-order chi connectivity index (χ0) is 20.1. The zero-order valence-corrected chi connectivity index (χ0v) is 15.6. The molecule has 1 heterocycles. The van der Waals surface area contributed by atoms with E-state index in [0.717, 1.165) is 4.90 Å². The van der Waals surface area contributed by atoms with Crippen LogP contribution in [0.15, 0.2) is 48.5 Å². The van der Waals surface area contributed by atoms with Gasteiger partial charge in [-0.05, 0) is 36.8 Å². The summed E-state index contributed by atoms with van der Waals surface area (Å²) in [6.07, 6.45) is 0.234. The number of hydrogen-bond acceptors (Lipinski definition) is 5. The lowest BCUT2D eigenvalue weighted by molar-refractivity contribution is -0.147. The smallest absolute Gasteiger partial charge is 0.306 e. The van der Waals surface area contributed by atoms with E-state index >= 15 is 0 Å². The summed E-state index contributed by atoms with van der Waals surface area (Å²) in [5.41, 5.74) is 1.24. The molecule has 0 fully saturated rings. The summed E-state index contributed by atoms with van der Waals surface area (Å²) >= 11 is 5.83. The monoisotopic (exact) mass is 400 g/mol. The van der Waals surface area contributed by atoms with Gasteiger partial charge < -0.3 is 10.1 Å². The number of hydrogen-bond donors (Lipinski definition) is 1. The summed E-state index contributed by atoms with van der Waals surface area (Å²) in [6.45, 7) is -0.325. The predicted octanol–water partition coefficient (Wildman–Crippen LogP) is 2.90. The highest BCUT2D eigenvalue weighted by Crippen LogP contribution is 2.22. The highest BCUT2D eigenvalue weighted by Gasteiger charge is 2.34. The minimum atomic E-state index is -0.585. The van der Waals surface area contributed by atoms with E-state index in [4.69, 9.17) is 16.3 Å². The van der Waals surface area contributed by atoms with Crippen molar-refractivity contribution in [3.63, 3.8) is 0 Å². The van der Waals surface area contributed by atoms with Crippen molar-refractivity contribution in [1.29, 1.82) is 0 Å². The summed E-state index contributed by atoms with van der Waals surface area (Å²) in [6, 6.07) is 13.2. The van der Waals surface area contributed by atoms with Crippen molar-refractivity contribution in [3.05, 3.63) is 64.7 Å². The van der Waals surface area contributed by atoms with Gasteiger partial charge in [-0.1, -0.05) is 29.8 Å². The van der Waals surface area contributed by atoms with Gasteiger partial charge in [0, 0.05) is 23.7 Å². The van der Waals surface area contributed by atoms with Crippen LogP contribution in [-0.2, 0) is 14.3 Å². The first kappa shape index (κ1) is 19.6. The molecule has 3 amide bonds. The first-order valence-corrected chi connectivity index (χ1v) is 9.00. The van der Waals surface area contributed by atoms with Gasteiger partial charge in [-0.15, -0.1) is 0 Å². The molecule has 0 bridgehead atoms. The molecule has 2 aromatic carbocycles. The van der Waals surface area contributed by atoms with E-state index in [1.165, 1.54) is 0 Å². The number of halogens is 1. The minimum absolute atomic E-state index is 0.0160. The summed E-state index contributed by atoms with van der Waals surface area (Å²) in [5.74, 6) is -1.81. The molecule has 3 rings (SSSR count). The lowest BCUT2D eigenvalue weighted by Gasteiger charge is -2.13. The Balaban J connectivity index is 1.40. The normalized spacial score (nSPS) is 12.7. The number of fused-ring (bicyclic) bond motifs is 1. The molecule has 0 radical (unpaired) electrons. The molecule has 28 heavy (non-hydrogen) atoms. The van der Waals surface area contributed by atoms with E-state index < -0.39 is 18.5 Å². The number of carbonyl (C=O) groups is 4. The number of imide groups is 1. The van der Waals surface area contributed by atoms with Crippen molar-refractivity contribution >= 4 is 41.0 Å². The average Bonchev–Trinajstić information content (AvgIpc) is 2.91. The Kier molecular flexibility index (Phi) is 6.06. The van der Waals surface area contributed by atoms with Crippen molar-refractivity contribution in [2.45, 2.75) is 12.8 Å². The third-order valence-corrected chi connectivity index (χ3v) is 4.35. The molecule has 0 atom stereocenters. The van der Waals surface area contributed by atoms with Crippen molar-refractivity contribution in [2.24, 2.45) is 0 Å². The number of ether oxygens (including phenoxy) is 1. The van der Waals surface area contributed by atoms with Gasteiger partial charge in [0.15, 0.2) is 6.61 Å². The molecule has 1 N–H and O–H groups in total. The molecule has 144 valence electrons. The molecule has 7 nitrogen and oxygen atoms in total. The number of nitrogens with zero attached hydrogens (tertiary/aromatic N) is 1. The van der Waals surface area contributed by atoms with Crippen molar-refractivity contribution in [2.75, 3.05) is 18.5 Å². The van der Waals surface area contributed by atoms with Crippen LogP contribution in [0.25, 0.3) is 0 Å². The van der Waals surface area contributed by atoms with Gasteiger partial charge in [-0.3, -0.25) is 24.1 Å². The van der Waals surface area contributed by atoms with Crippen LogP contribution in [-0.4, -0.2) is 41.7 Å². The number of carbonyl (C=O) groups excluding carboxylic acids is 4. The topological polar surface area (TPSA) is 92.8 Å². The first-order chi connectivity index (χ1) is 13.5. The van der Waals surface area contributed by atoms with E-state index in [2.05, 4.69) is 5.32 Å². The Morgan fingerprint density at radius 3 is 2.32 bits per heavy atom. The number of rotatable bonds is 7. The van der Waals surface area contributed by atoms with Crippen LogP contribution in [0.2, 0.25) is 5.02 Å². The Hall–Kier alpha value is -3.19. The lowest BCUT2D eigenvalue weighted by atomic mass is 10.1. The highest BCUT2D eigenvalue weighted by molar-refractivity contribution is 6.30. The zero-order valence-electron chi connectivity index (χ0n) is 14.8. The molecule has 0 spiro atoms. The molecule has 0 aliphatic carbocycles. The van der Waals surface area contributed by atoms with E-state index in [0.29, 0.717) is 21.8 Å². The number of nitrogens with one attached hydrogen (secondary N) is 1. The molecule has 2 aromatic rings. The van der Waals surface area contributed by atoms with Crippen molar-refractivity contribution < 1.29 is 23.9 Å². The van der Waals surface area contributed by atoms with Crippen molar-refractivity contribution in [3.8, 4) is 0 Å². The average molecular weight is 401 g/mol. The molecule has 0 aromatic heterocycles. The second kappa shape index (κ2) is 8.67. The number of anilines is 1. The third kappa shape index (κ3) is 4.55. The van der Waals surface area contributed by atoms with Crippen LogP contribution in [0.5, 0.6) is 0 Å². The van der Waals surface area contributed by atoms with Gasteiger partial charge >= 0.3 is 5.97 Å². The van der Waals surface area contributed by atoms with Gasteiger partial charge in [0.1, 0.15) is 0 Å². The SMILES string of the molecule is O=C(COC(=O)CCCN1C(=O)c2ccccc2C1=O)Nc1cccc(Cl)c1. The summed E-state index contributed by atoms with van der Waals surface area (Å²) in [7, 11) is 0. The maximum absolute atomic E-state index is 12.2. The Morgan fingerprint density at radius 1 is 1.00 bits per heavy atom. The fourth-order valence-electron chi connectivity index (χ4n) is 2.81. The molecule has 0 saturated carbocycles. The van der Waals surface area contributed by atoms with Crippen LogP contribution >= 0.6 is 11.6 Å². The summed E-state index contributed by atoms with van der Waals surface area (Å²) in [5, 5.41) is 3.04. The Labute approximate surface area is 166 Å². The minimum Gasteiger partial charge on any atom is -0.456 e. The van der Waals surface area contributed by atoms with Crippen LogP contribution in [0.4, 0.5) is 5.69 Å². The Morgan fingerprint density at radius 2 is 1.68 bits per heavy atom. The van der Waals surface area contributed by atoms with E-state index in [9.17, 15) is 19.2 Å². The van der Waals surface area contributed by atoms with E-state index in [1.807, 2.05) is 0 Å². The second-order valence-electron chi connectivity index (χ2n) is 6.13. The van der Waals surface area contributed by atoms with Crippen LogP contribution < -0.4 is 5.32 Å². The van der Waals surface area contributed by atoms with Gasteiger partial charge in [-0.2, -0.15) is 0 Å². The summed E-state index contributed by atoms with van der Waals surface area (Å²) in [4.78, 5) is 49.2. The van der Waals surface area contributed by atoms with Gasteiger partial charge in [0.05, 0.1) is 11.1 Å². The maximum atomic E-state index is 12.2. The standard InChI is InChI=1S/C20H17ClN2O5/c21-13-5-3-6-14(11-13)22-17(24)12-28-18(25)9-4-10-23-19(26)15-7-1-2-8-16(15)20(23)27/h1-3,5-8,11H,4,9-10,12H2,(H,22,24). The summed E-state index contributed by atoms with van der Waals surface area (Å²) < 4.78 is 4.91.